The van der Waals surface area contributed by atoms with Crippen LogP contribution < -0.4 is 16.4 Å². The summed E-state index contributed by atoms with van der Waals surface area (Å²) in [6, 6.07) is 0. The van der Waals surface area contributed by atoms with E-state index in [1.807, 2.05) is 0 Å². The van der Waals surface area contributed by atoms with Crippen LogP contribution in [0.5, 0.6) is 0 Å². The Hall–Kier alpha value is -2.48. The number of nitrogens with two attached hydrogens (primary N) is 1. The molecule has 0 aliphatic carbocycles. The molecule has 3 unspecified atom stereocenters. The molecule has 8 atom stereocenters. The summed E-state index contributed by atoms with van der Waals surface area (Å²) in [6.07, 6.45) is -7.05. The van der Waals surface area contributed by atoms with Crippen LogP contribution in [0.1, 0.15) is 46.3 Å². The third-order valence-electron chi connectivity index (χ3n) is 7.53. The molecule has 1 aliphatic rings. The lowest BCUT2D eigenvalue weighted by molar-refractivity contribution is -0.137. The van der Waals surface area contributed by atoms with Crippen LogP contribution in [0, 0.1) is 5.41 Å². The van der Waals surface area contributed by atoms with Crippen molar-refractivity contribution in [2.24, 2.45) is 5.41 Å². The molecule has 2 aromatic heterocycles. The lowest BCUT2D eigenvalue weighted by Crippen LogP contribution is -2.46. The summed E-state index contributed by atoms with van der Waals surface area (Å²) in [7, 11) is -16.4. The topological polar surface area (TPSA) is 384 Å². The number of fused-ring (bicyclic) bond motifs is 1. The molecule has 55 heavy (non-hydrogen) atoms. The number of imidazole rings is 1. The van der Waals surface area contributed by atoms with Crippen LogP contribution in [0.25, 0.3) is 11.2 Å². The monoisotopic (exact) mass is 867 g/mol. The van der Waals surface area contributed by atoms with Crippen LogP contribution in [-0.2, 0) is 50.7 Å². The first-order valence-corrected chi connectivity index (χ1v) is 21.6. The second kappa shape index (κ2) is 19.8. The Bertz CT molecular complexity index is 1800. The van der Waals surface area contributed by atoms with Crippen molar-refractivity contribution in [2.75, 3.05) is 37.8 Å². The number of nitrogens with zero attached hydrogens (tertiary/aromatic N) is 4. The van der Waals surface area contributed by atoms with Gasteiger partial charge in [0.2, 0.25) is 11.8 Å². The molecule has 1 fully saturated rings. The van der Waals surface area contributed by atoms with E-state index in [4.69, 9.17) is 19.5 Å². The fourth-order valence-electron chi connectivity index (χ4n) is 4.69. The number of ether oxygens (including phenoxy) is 1. The highest BCUT2D eigenvalue weighted by Crippen LogP contribution is 2.61. The molecule has 2 amide bonds. The van der Waals surface area contributed by atoms with E-state index >= 15 is 0 Å². The third kappa shape index (κ3) is 14.8. The summed E-state index contributed by atoms with van der Waals surface area (Å²) in [5.41, 5.74) is 4.24. The first-order chi connectivity index (χ1) is 25.4. The van der Waals surface area contributed by atoms with Crippen molar-refractivity contribution in [2.45, 2.75) is 76.8 Å². The number of aliphatic hydroxyl groups is 3. The highest BCUT2D eigenvalue weighted by Gasteiger charge is 2.50. The molecule has 0 bridgehead atoms. The molecule has 0 spiro atoms. The first-order valence-electron chi connectivity index (χ1n) is 16.1. The molecule has 1 aliphatic heterocycles. The van der Waals surface area contributed by atoms with Crippen molar-refractivity contribution in [3.8, 4) is 0 Å². The van der Waals surface area contributed by atoms with Gasteiger partial charge < -0.3 is 56.0 Å². The number of anilines is 1. The number of amides is 2. The summed E-state index contributed by atoms with van der Waals surface area (Å²) >= 11 is 1.00. The number of thioether (sulfide) groups is 1. The van der Waals surface area contributed by atoms with Crippen molar-refractivity contribution in [3.05, 3.63) is 12.7 Å². The number of carbonyl (C=O) groups is 3. The summed E-state index contributed by atoms with van der Waals surface area (Å²) in [5, 5.41) is 35.4. The quantitative estimate of drug-likeness (QED) is 0.0492. The molecule has 2 aromatic rings. The number of aromatic nitrogens is 4. The van der Waals surface area contributed by atoms with Crippen molar-refractivity contribution in [1.29, 1.82) is 0 Å². The van der Waals surface area contributed by atoms with Gasteiger partial charge in [-0.1, -0.05) is 25.6 Å². The number of aliphatic hydroxyl groups excluding tert-OH is 3. The zero-order chi connectivity index (χ0) is 41.4. The van der Waals surface area contributed by atoms with Crippen LogP contribution in [-0.4, -0.2) is 134 Å². The average molecular weight is 868 g/mol. The third-order valence-corrected chi connectivity index (χ3v) is 11.6. The molecule has 0 radical (unpaired) electrons. The molecular formula is C26H44N7O18P3S. The van der Waals surface area contributed by atoms with E-state index in [0.717, 1.165) is 29.0 Å². The average Bonchev–Trinajstić information content (AvgIpc) is 3.63. The predicted octanol–water partition coefficient (Wildman–Crippen LogP) is -1.17. The Labute approximate surface area is 317 Å². The number of nitrogen functional groups attached to an aromatic ring is 1. The minimum Gasteiger partial charge on any atom is -0.393 e. The van der Waals surface area contributed by atoms with Gasteiger partial charge in [-0.05, 0) is 13.3 Å². The van der Waals surface area contributed by atoms with Crippen LogP contribution in [0.4, 0.5) is 5.82 Å². The number of rotatable bonds is 22. The van der Waals surface area contributed by atoms with E-state index in [-0.39, 0.29) is 48.0 Å². The van der Waals surface area contributed by atoms with Gasteiger partial charge >= 0.3 is 23.5 Å². The minimum absolute atomic E-state index is 0.0265. The normalized spacial score (nSPS) is 22.4. The standard InChI is InChI=1S/C26H44N7O18P3S/c1-14(34)4-5-17(36)55-9-8-28-16(35)6-7-29-24(39)21(38)26(2,3)11-48-54(45,46)51-53(43,44)47-10-15-20(50-52(40,41)42)19(37)25(49-15)33-13-32-18-22(27)30-12-31-23(18)33/h12-15,19-21,25,34,37-38H,4-11H2,1-3H3,(H,28,35)(H,29,39)(H,43,44)(H,45,46)(H2,27,30,31)(H2,40,41,42)/t14?,15-,19-,20-,21+,25-/m1/s1. The van der Waals surface area contributed by atoms with Crippen molar-refractivity contribution in [1.82, 2.24) is 30.2 Å². The van der Waals surface area contributed by atoms with Gasteiger partial charge in [-0.15, -0.1) is 0 Å². The van der Waals surface area contributed by atoms with Crippen LogP contribution >= 0.6 is 35.2 Å². The van der Waals surface area contributed by atoms with E-state index in [9.17, 15) is 63.0 Å². The fourth-order valence-corrected chi connectivity index (χ4v) is 8.22. The van der Waals surface area contributed by atoms with E-state index < -0.39 is 90.7 Å². The summed E-state index contributed by atoms with van der Waals surface area (Å²) in [6.45, 7) is 1.97. The molecule has 0 aromatic carbocycles. The lowest BCUT2D eigenvalue weighted by Gasteiger charge is -2.30. The number of nitrogens with one attached hydrogen (secondary N) is 2. The predicted molar refractivity (Wildman–Crippen MR) is 188 cm³/mol. The second-order valence-corrected chi connectivity index (χ2v) is 18.1. The molecule has 1 saturated heterocycles. The number of phosphoric ester groups is 3. The largest absolute Gasteiger partial charge is 0.481 e. The van der Waals surface area contributed by atoms with Crippen LogP contribution in [0.15, 0.2) is 12.7 Å². The Morgan fingerprint density at radius 2 is 1.71 bits per heavy atom. The zero-order valence-electron chi connectivity index (χ0n) is 29.5. The molecular weight excluding hydrogens is 823 g/mol. The zero-order valence-corrected chi connectivity index (χ0v) is 33.0. The molecule has 0 saturated carbocycles. The Morgan fingerprint density at radius 1 is 1.04 bits per heavy atom. The molecule has 11 N–H and O–H groups in total. The summed E-state index contributed by atoms with van der Waals surface area (Å²) < 4.78 is 62.0. The SMILES string of the molecule is CC(O)CCC(=O)SCCNC(=O)CCNC(=O)[C@H](O)C(C)(C)COP(=O)(O)OP(=O)(O)OC[C@H]1O[C@@H](n2cnc3c(N)ncnc32)[C@H](O)[C@@H]1OP(=O)(O)O. The Morgan fingerprint density at radius 3 is 2.36 bits per heavy atom. The van der Waals surface area contributed by atoms with Gasteiger partial charge in [-0.25, -0.2) is 28.6 Å². The second-order valence-electron chi connectivity index (χ2n) is 12.7. The molecule has 25 nitrogen and oxygen atoms in total. The number of carbonyl (C=O) groups excluding carboxylic acids is 3. The van der Waals surface area contributed by atoms with Gasteiger partial charge in [0.15, 0.2) is 22.8 Å². The highest BCUT2D eigenvalue weighted by atomic mass is 32.2. The van der Waals surface area contributed by atoms with Gasteiger partial charge in [0.1, 0.15) is 36.3 Å². The van der Waals surface area contributed by atoms with E-state index in [1.54, 1.807) is 6.92 Å². The van der Waals surface area contributed by atoms with Gasteiger partial charge in [0, 0.05) is 37.1 Å². The lowest BCUT2D eigenvalue weighted by atomic mass is 9.87. The maximum atomic E-state index is 12.7. The maximum Gasteiger partial charge on any atom is 0.481 e. The molecule has 3 rings (SSSR count). The fraction of sp³-hybridized carbons (Fsp3) is 0.692. The smallest absolute Gasteiger partial charge is 0.393 e. The number of hydrogen-bond donors (Lipinski definition) is 10. The highest BCUT2D eigenvalue weighted by molar-refractivity contribution is 8.13. The van der Waals surface area contributed by atoms with Crippen molar-refractivity contribution < 1.29 is 85.6 Å². The Kier molecular flexibility index (Phi) is 16.9. The molecule has 29 heteroatoms. The number of hydrogen-bond acceptors (Lipinski definition) is 19. The van der Waals surface area contributed by atoms with E-state index in [0.29, 0.717) is 12.2 Å². The minimum atomic E-state index is -5.57. The summed E-state index contributed by atoms with van der Waals surface area (Å²) in [4.78, 5) is 87.1. The molecule has 312 valence electrons. The Balaban J connectivity index is 1.49. The molecule has 3 heterocycles. The van der Waals surface area contributed by atoms with Gasteiger partial charge in [0.25, 0.3) is 0 Å². The number of phosphoric acid groups is 3. The summed E-state index contributed by atoms with van der Waals surface area (Å²) in [5.74, 6) is -1.20. The first kappa shape index (κ1) is 46.9. The van der Waals surface area contributed by atoms with Crippen molar-refractivity contribution in [3.63, 3.8) is 0 Å². The van der Waals surface area contributed by atoms with Crippen LogP contribution in [0.2, 0.25) is 0 Å². The van der Waals surface area contributed by atoms with E-state index in [2.05, 4.69) is 34.4 Å². The van der Waals surface area contributed by atoms with Gasteiger partial charge in [0.05, 0.1) is 25.6 Å². The van der Waals surface area contributed by atoms with Crippen LogP contribution in [0.3, 0.4) is 0 Å². The van der Waals surface area contributed by atoms with Gasteiger partial charge in [-0.3, -0.25) is 32.5 Å². The van der Waals surface area contributed by atoms with Crippen molar-refractivity contribution >= 4 is 69.1 Å². The van der Waals surface area contributed by atoms with E-state index in [1.165, 1.54) is 13.8 Å². The van der Waals surface area contributed by atoms with Gasteiger partial charge in [-0.2, -0.15) is 4.31 Å². The maximum absolute atomic E-state index is 12.7.